The standard InChI is InChI=1S/C29H33NO5.2C29H33NO4S/c31-28(32)12-2-1-7-18-35-27-11-6-3-8-24(27)20-30(26-9-4-5-10-26)29(33)23-15-13-22(14-16-23)25-17-19-34-21-25;31-28(32)14-2-1-7-19-34-26-12-6-3-9-24(26)21-30(25-10-4-5-11-25)29(33)23-17-15-22(16-18-23)27-13-8-20-35-27;31-28(32)12-2-1-7-18-34-27-11-6-3-8-24(27)20-30(26-9-4-5-10-26)29(33)23-15-13-22(14-16-23)25-17-19-35-21-25/h3,6,8,11,13-17,19,21,26H,1-2,4-5,7,9-10,12,18,20H2,(H,31,32);3,6,8-9,12-13,15-18,20,25H,1-2,4-5,7,10-11,14,19,21H2,(H,31,32);3,6,8,11,13-17,19,21,26H,1-2,4-5,7,9-10,12,18,20H2,(H,31,32)/i20D;21D;20D. The molecule has 3 N–H and O–H groups in total. The number of hydrogen-bond donors (Lipinski definition) is 3. The highest BCUT2D eigenvalue weighted by Gasteiger charge is 2.32. The molecule has 18 heteroatoms. The zero-order valence-corrected chi connectivity index (χ0v) is 61.3. The van der Waals surface area contributed by atoms with Crippen LogP contribution in [0.4, 0.5) is 0 Å². The van der Waals surface area contributed by atoms with Gasteiger partial charge in [0.25, 0.3) is 17.7 Å². The first-order chi connectivity index (χ1) is 52.6. The smallest absolute Gasteiger partial charge is 0.303 e. The van der Waals surface area contributed by atoms with Crippen LogP contribution < -0.4 is 14.2 Å². The molecule has 16 nitrogen and oxygen atoms in total. The lowest BCUT2D eigenvalue weighted by Gasteiger charge is -2.30. The maximum Gasteiger partial charge on any atom is 0.303 e. The van der Waals surface area contributed by atoms with E-state index >= 15 is 0 Å². The highest BCUT2D eigenvalue weighted by atomic mass is 32.1. The summed E-state index contributed by atoms with van der Waals surface area (Å²) in [6.45, 7) is -1.30. The Bertz CT molecular complexity index is 3810. The van der Waals surface area contributed by atoms with Crippen LogP contribution in [-0.2, 0) is 33.9 Å². The number of carboxylic acid groups (broad SMARTS) is 3. The summed E-state index contributed by atoms with van der Waals surface area (Å²) in [4.78, 5) is 79.7. The van der Waals surface area contributed by atoms with Crippen molar-refractivity contribution in [2.75, 3.05) is 19.8 Å². The second-order valence-electron chi connectivity index (χ2n) is 26.8. The summed E-state index contributed by atoms with van der Waals surface area (Å²) in [5.74, 6) is -0.923. The number of benzene rings is 6. The summed E-state index contributed by atoms with van der Waals surface area (Å²) >= 11 is 3.31. The van der Waals surface area contributed by atoms with Crippen molar-refractivity contribution < 1.29 is 66.8 Å². The number of carbonyl (C=O) groups is 6. The van der Waals surface area contributed by atoms with E-state index in [2.05, 4.69) is 17.5 Å². The van der Waals surface area contributed by atoms with Gasteiger partial charge >= 0.3 is 17.9 Å². The van der Waals surface area contributed by atoms with Crippen LogP contribution in [0.15, 0.2) is 203 Å². The van der Waals surface area contributed by atoms with Crippen LogP contribution in [0.5, 0.6) is 17.2 Å². The van der Waals surface area contributed by atoms with Crippen LogP contribution in [0, 0.1) is 0 Å². The number of amides is 3. The van der Waals surface area contributed by atoms with E-state index in [4.69, 9.17) is 38.1 Å². The molecule has 3 aliphatic rings. The van der Waals surface area contributed by atoms with Crippen LogP contribution >= 0.6 is 22.7 Å². The fraction of sp³-hybridized carbons (Fsp3) is 0.379. The van der Waals surface area contributed by atoms with Gasteiger partial charge in [-0.25, -0.2) is 0 Å². The third-order valence-electron chi connectivity index (χ3n) is 19.2. The number of aliphatic carboxylic acids is 3. The molecule has 0 bridgehead atoms. The molecule has 3 saturated carbocycles. The van der Waals surface area contributed by atoms with Crippen molar-refractivity contribution in [3.63, 3.8) is 0 Å². The van der Waals surface area contributed by atoms with Crippen molar-refractivity contribution in [1.29, 1.82) is 0 Å². The molecule has 3 fully saturated rings. The molecule has 0 spiro atoms. The van der Waals surface area contributed by atoms with Crippen molar-refractivity contribution in [3.05, 3.63) is 232 Å². The van der Waals surface area contributed by atoms with Gasteiger partial charge in [0, 0.05) is 101 Å². The summed E-state index contributed by atoms with van der Waals surface area (Å²) in [6.07, 6.45) is 21.9. The predicted octanol–water partition coefficient (Wildman–Crippen LogP) is 20.6. The lowest BCUT2D eigenvalue weighted by molar-refractivity contribution is -0.138. The normalized spacial score (nSPS) is 14.9. The van der Waals surface area contributed by atoms with Crippen molar-refractivity contribution >= 4 is 58.3 Å². The van der Waals surface area contributed by atoms with Crippen LogP contribution in [0.3, 0.4) is 0 Å². The molecular formula is C87H99N3O13S2. The van der Waals surface area contributed by atoms with Gasteiger partial charge in [-0.2, -0.15) is 11.3 Å². The zero-order chi connectivity index (χ0) is 76.0. The van der Waals surface area contributed by atoms with Crippen LogP contribution in [0.2, 0.25) is 0 Å². The van der Waals surface area contributed by atoms with Crippen LogP contribution in [0.1, 0.15) is 206 Å². The average Bonchev–Trinajstić information content (AvgIpc) is 1.19. The monoisotopic (exact) mass is 1460 g/mol. The maximum atomic E-state index is 13.8. The Morgan fingerprint density at radius 2 is 0.752 bits per heavy atom. The third-order valence-corrected chi connectivity index (χ3v) is 20.8. The Labute approximate surface area is 629 Å². The SMILES string of the molecule is [2H]C(c1ccccc1OCCCCCC(=O)O)N(C(=O)c1ccc(-c2cccs2)cc1)C1CCCC1.[2H]C(c1ccccc1OCCCCCC(=O)O)N(C(=O)c1ccc(-c2ccoc2)cc1)C1CCCC1.[2H]C(c1ccccc1OCCCCCC(=O)O)N(C(=O)c1ccc(-c2ccsc2)cc1)C1CCCC1. The van der Waals surface area contributed by atoms with E-state index in [1.165, 1.54) is 0 Å². The van der Waals surface area contributed by atoms with Crippen molar-refractivity contribution in [1.82, 2.24) is 14.7 Å². The minimum Gasteiger partial charge on any atom is -0.493 e. The molecule has 3 heterocycles. The first-order valence-electron chi connectivity index (χ1n) is 38.8. The van der Waals surface area contributed by atoms with Crippen molar-refractivity contribution in [2.45, 2.75) is 192 Å². The summed E-state index contributed by atoms with van der Waals surface area (Å²) in [5.41, 5.74) is 8.98. The number of para-hydroxylation sites is 3. The number of unbranched alkanes of at least 4 members (excludes halogenated alkanes) is 6. The second kappa shape index (κ2) is 41.6. The molecular weight excluding hydrogens is 1360 g/mol. The van der Waals surface area contributed by atoms with Crippen molar-refractivity contribution in [3.8, 4) is 49.9 Å². The number of carboxylic acids is 3. The Morgan fingerprint density at radius 3 is 1.08 bits per heavy atom. The first-order valence-corrected chi connectivity index (χ1v) is 38.9. The summed E-state index contributed by atoms with van der Waals surface area (Å²) < 4.78 is 50.7. The number of rotatable bonds is 36. The van der Waals surface area contributed by atoms with Gasteiger partial charge in [-0.05, 0) is 208 Å². The van der Waals surface area contributed by atoms with Gasteiger partial charge in [0.2, 0.25) is 0 Å². The largest absolute Gasteiger partial charge is 0.493 e. The number of carbonyl (C=O) groups excluding carboxylic acids is 3. The number of thiophene rings is 2. The molecule has 3 aromatic heterocycles. The first kappa shape index (κ1) is 73.5. The fourth-order valence-electron chi connectivity index (χ4n) is 13.5. The highest BCUT2D eigenvalue weighted by Crippen LogP contribution is 2.35. The van der Waals surface area contributed by atoms with Crippen LogP contribution in [-0.4, -0.2) is 104 Å². The molecule has 105 heavy (non-hydrogen) atoms. The molecule has 0 saturated heterocycles. The van der Waals surface area contributed by atoms with E-state index < -0.39 is 37.5 Å². The molecule has 3 amide bonds. The van der Waals surface area contributed by atoms with Gasteiger partial charge in [0.15, 0.2) is 0 Å². The Balaban J connectivity index is 0.000000173. The lowest BCUT2D eigenvalue weighted by Crippen LogP contribution is -2.38. The molecule has 6 aromatic carbocycles. The Hall–Kier alpha value is -9.78. The van der Waals surface area contributed by atoms with E-state index in [0.717, 1.165) is 148 Å². The molecule has 3 aliphatic carbocycles. The third kappa shape index (κ3) is 24.1. The minimum atomic E-state index is -0.891. The molecule has 12 rings (SSSR count). The van der Waals surface area contributed by atoms with E-state index in [-0.39, 0.29) is 55.1 Å². The summed E-state index contributed by atoms with van der Waals surface area (Å²) in [7, 11) is 0. The molecule has 9 aromatic rings. The molecule has 3 unspecified atom stereocenters. The topological polar surface area (TPSA) is 214 Å². The quantitative estimate of drug-likeness (QED) is 0.0312. The number of nitrogens with zero attached hydrogens (tertiary/aromatic N) is 3. The molecule has 3 atom stereocenters. The Kier molecular flexibility index (Phi) is 29.2. The number of ether oxygens (including phenoxy) is 3. The summed E-state index contributed by atoms with van der Waals surface area (Å²) in [5, 5.41) is 32.5. The van der Waals surface area contributed by atoms with Crippen molar-refractivity contribution in [2.24, 2.45) is 0 Å². The lowest BCUT2D eigenvalue weighted by atomic mass is 10.0. The van der Waals surface area contributed by atoms with E-state index in [1.807, 2.05) is 168 Å². The zero-order valence-electron chi connectivity index (χ0n) is 62.7. The van der Waals surface area contributed by atoms with Gasteiger partial charge in [0.05, 0.1) is 36.5 Å². The average molecular weight is 1460 g/mol. The molecule has 0 aliphatic heterocycles. The second-order valence-corrected chi connectivity index (χ2v) is 28.6. The van der Waals surface area contributed by atoms with Gasteiger partial charge in [0.1, 0.15) is 17.2 Å². The number of hydrogen-bond acceptors (Lipinski definition) is 12. The maximum absolute atomic E-state index is 13.8. The minimum absolute atomic E-state index is 0.0117. The fourth-order valence-corrected chi connectivity index (χ4v) is 14.9. The van der Waals surface area contributed by atoms with Gasteiger partial charge < -0.3 is 48.6 Å². The molecule has 0 radical (unpaired) electrons. The van der Waals surface area contributed by atoms with Gasteiger partial charge in [-0.3, -0.25) is 28.8 Å². The van der Waals surface area contributed by atoms with Gasteiger partial charge in [-0.15, -0.1) is 11.3 Å². The molecule has 552 valence electrons. The van der Waals surface area contributed by atoms with Crippen LogP contribution in [0.25, 0.3) is 32.7 Å². The van der Waals surface area contributed by atoms with E-state index in [9.17, 15) is 28.8 Å². The Morgan fingerprint density at radius 1 is 0.390 bits per heavy atom. The predicted molar refractivity (Wildman–Crippen MR) is 414 cm³/mol. The number of furan rings is 1. The summed E-state index contributed by atoms with van der Waals surface area (Å²) in [6, 6.07) is 53.3. The highest BCUT2D eigenvalue weighted by molar-refractivity contribution is 7.13. The van der Waals surface area contributed by atoms with E-state index in [0.29, 0.717) is 89.7 Å². The van der Waals surface area contributed by atoms with E-state index in [1.54, 1.807) is 49.9 Å². The van der Waals surface area contributed by atoms with Gasteiger partial charge in [-0.1, -0.05) is 136 Å².